The fraction of sp³-hybridized carbons (Fsp3) is 0.182. The molecule has 0 fully saturated rings. The minimum atomic E-state index is 0.855. The first-order valence-corrected chi connectivity index (χ1v) is 4.57. The molecule has 72 valence electrons. The molecule has 2 rings (SSSR count). The van der Waals surface area contributed by atoms with Crippen molar-refractivity contribution in [1.82, 2.24) is 9.97 Å². The maximum Gasteiger partial charge on any atom is 0.207 e. The molecule has 0 unspecified atom stereocenters. The second-order valence-electron chi connectivity index (χ2n) is 3.31. The number of nitrogens with zero attached hydrogens (tertiary/aromatic N) is 2. The third-order valence-corrected chi connectivity index (χ3v) is 2.22. The number of benzene rings is 1. The van der Waals surface area contributed by atoms with Crippen LogP contribution in [0.25, 0.3) is 0 Å². The van der Waals surface area contributed by atoms with Crippen LogP contribution >= 0.6 is 0 Å². The Labute approximate surface area is 83.4 Å². The van der Waals surface area contributed by atoms with Gasteiger partial charge in [-0.05, 0) is 19.1 Å². The minimum absolute atomic E-state index is 0.855. The summed E-state index contributed by atoms with van der Waals surface area (Å²) >= 11 is 0. The van der Waals surface area contributed by atoms with Gasteiger partial charge in [0.05, 0.1) is 0 Å². The summed E-state index contributed by atoms with van der Waals surface area (Å²) < 4.78 is 0. The van der Waals surface area contributed by atoms with Gasteiger partial charge in [0.1, 0.15) is 0 Å². The lowest BCUT2D eigenvalue weighted by Gasteiger charge is -2.15. The van der Waals surface area contributed by atoms with Gasteiger partial charge in [-0.25, -0.2) is 4.98 Å². The van der Waals surface area contributed by atoms with Crippen molar-refractivity contribution < 1.29 is 0 Å². The van der Waals surface area contributed by atoms with Crippen molar-refractivity contribution in [2.24, 2.45) is 0 Å². The molecule has 0 saturated carbocycles. The van der Waals surface area contributed by atoms with Crippen LogP contribution < -0.4 is 4.90 Å². The van der Waals surface area contributed by atoms with Crippen molar-refractivity contribution in [1.29, 1.82) is 0 Å². The molecule has 1 aromatic heterocycles. The highest BCUT2D eigenvalue weighted by Crippen LogP contribution is 2.19. The third-order valence-electron chi connectivity index (χ3n) is 2.22. The number of hydrogen-bond acceptors (Lipinski definition) is 2. The van der Waals surface area contributed by atoms with Crippen LogP contribution in [0, 0.1) is 6.92 Å². The van der Waals surface area contributed by atoms with Crippen LogP contribution in [0.5, 0.6) is 0 Å². The molecule has 0 amide bonds. The van der Waals surface area contributed by atoms with Gasteiger partial charge in [0.2, 0.25) is 5.95 Å². The highest BCUT2D eigenvalue weighted by molar-refractivity contribution is 5.56. The van der Waals surface area contributed by atoms with Gasteiger partial charge in [0, 0.05) is 25.1 Å². The van der Waals surface area contributed by atoms with Gasteiger partial charge in [0.15, 0.2) is 0 Å². The number of aromatic nitrogens is 2. The molecule has 0 atom stereocenters. The van der Waals surface area contributed by atoms with E-state index in [1.807, 2.05) is 18.1 Å². The Balaban J connectivity index is 2.28. The molecule has 1 aromatic carbocycles. The molecular formula is C11H13N3. The highest BCUT2D eigenvalue weighted by atomic mass is 15.2. The van der Waals surface area contributed by atoms with E-state index >= 15 is 0 Å². The van der Waals surface area contributed by atoms with Gasteiger partial charge in [-0.2, -0.15) is 0 Å². The summed E-state index contributed by atoms with van der Waals surface area (Å²) in [4.78, 5) is 9.26. The average Bonchev–Trinajstić information content (AvgIpc) is 2.71. The van der Waals surface area contributed by atoms with Crippen LogP contribution in [0.4, 0.5) is 11.6 Å². The smallest absolute Gasteiger partial charge is 0.207 e. The first kappa shape index (κ1) is 8.81. The zero-order valence-electron chi connectivity index (χ0n) is 8.36. The van der Waals surface area contributed by atoms with Crippen LogP contribution in [0.1, 0.15) is 5.56 Å². The van der Waals surface area contributed by atoms with E-state index in [1.165, 1.54) is 5.56 Å². The Kier molecular flexibility index (Phi) is 2.23. The van der Waals surface area contributed by atoms with Crippen LogP contribution in [0.15, 0.2) is 36.7 Å². The number of H-pyrrole nitrogens is 1. The zero-order chi connectivity index (χ0) is 9.97. The summed E-state index contributed by atoms with van der Waals surface area (Å²) in [6, 6.07) is 8.35. The molecule has 0 aliphatic carbocycles. The van der Waals surface area contributed by atoms with E-state index in [0.29, 0.717) is 0 Å². The zero-order valence-corrected chi connectivity index (χ0v) is 8.36. The molecule has 14 heavy (non-hydrogen) atoms. The number of aryl methyl sites for hydroxylation is 1. The lowest BCUT2D eigenvalue weighted by Crippen LogP contribution is -2.10. The van der Waals surface area contributed by atoms with E-state index in [9.17, 15) is 0 Å². The standard InChI is InChI=1S/C11H13N3/c1-9-3-5-10(6-4-9)14(2)11-12-7-8-13-11/h3-8H,1-2H3,(H,12,13). The first-order valence-electron chi connectivity index (χ1n) is 4.57. The van der Waals surface area contributed by atoms with Crippen LogP contribution in [0.3, 0.4) is 0 Å². The van der Waals surface area contributed by atoms with Crippen molar-refractivity contribution in [3.63, 3.8) is 0 Å². The summed E-state index contributed by atoms with van der Waals surface area (Å²) in [5, 5.41) is 0. The van der Waals surface area contributed by atoms with E-state index in [-0.39, 0.29) is 0 Å². The maximum atomic E-state index is 4.19. The summed E-state index contributed by atoms with van der Waals surface area (Å²) in [5.74, 6) is 0.855. The minimum Gasteiger partial charge on any atom is -0.331 e. The number of aromatic amines is 1. The highest BCUT2D eigenvalue weighted by Gasteiger charge is 2.04. The average molecular weight is 187 g/mol. The molecule has 0 spiro atoms. The summed E-state index contributed by atoms with van der Waals surface area (Å²) in [7, 11) is 1.99. The van der Waals surface area contributed by atoms with Crippen molar-refractivity contribution in [3.8, 4) is 0 Å². The lowest BCUT2D eigenvalue weighted by atomic mass is 10.2. The predicted molar refractivity (Wildman–Crippen MR) is 57.8 cm³/mol. The van der Waals surface area contributed by atoms with Crippen molar-refractivity contribution in [2.75, 3.05) is 11.9 Å². The number of imidazole rings is 1. The van der Waals surface area contributed by atoms with Crippen molar-refractivity contribution in [2.45, 2.75) is 6.92 Å². The fourth-order valence-corrected chi connectivity index (χ4v) is 1.33. The van der Waals surface area contributed by atoms with Crippen molar-refractivity contribution >= 4 is 11.6 Å². The van der Waals surface area contributed by atoms with Gasteiger partial charge in [-0.3, -0.25) is 0 Å². The van der Waals surface area contributed by atoms with E-state index < -0.39 is 0 Å². The van der Waals surface area contributed by atoms with Gasteiger partial charge in [-0.1, -0.05) is 17.7 Å². The number of rotatable bonds is 2. The van der Waals surface area contributed by atoms with Gasteiger partial charge in [-0.15, -0.1) is 0 Å². The summed E-state index contributed by atoms with van der Waals surface area (Å²) in [6.45, 7) is 2.08. The fourth-order valence-electron chi connectivity index (χ4n) is 1.33. The maximum absolute atomic E-state index is 4.19. The molecule has 2 aromatic rings. The SMILES string of the molecule is Cc1ccc(N(C)c2ncc[nH]2)cc1. The quantitative estimate of drug-likeness (QED) is 0.783. The van der Waals surface area contributed by atoms with Crippen molar-refractivity contribution in [3.05, 3.63) is 42.2 Å². The lowest BCUT2D eigenvalue weighted by molar-refractivity contribution is 1.09. The van der Waals surface area contributed by atoms with Crippen LogP contribution in [-0.2, 0) is 0 Å². The van der Waals surface area contributed by atoms with E-state index in [0.717, 1.165) is 11.6 Å². The Morgan fingerprint density at radius 2 is 1.93 bits per heavy atom. The first-order chi connectivity index (χ1) is 6.77. The van der Waals surface area contributed by atoms with Gasteiger partial charge >= 0.3 is 0 Å². The van der Waals surface area contributed by atoms with Gasteiger partial charge < -0.3 is 9.88 Å². The molecule has 1 N–H and O–H groups in total. The Morgan fingerprint density at radius 3 is 2.50 bits per heavy atom. The number of hydrogen-bond donors (Lipinski definition) is 1. The summed E-state index contributed by atoms with van der Waals surface area (Å²) in [6.07, 6.45) is 3.57. The Morgan fingerprint density at radius 1 is 1.21 bits per heavy atom. The monoisotopic (exact) mass is 187 g/mol. The van der Waals surface area contributed by atoms with E-state index in [1.54, 1.807) is 6.20 Å². The second kappa shape index (κ2) is 3.54. The van der Waals surface area contributed by atoms with E-state index in [2.05, 4.69) is 41.2 Å². The summed E-state index contributed by atoms with van der Waals surface area (Å²) in [5.41, 5.74) is 2.40. The molecule has 0 radical (unpaired) electrons. The molecule has 0 bridgehead atoms. The molecule has 0 saturated heterocycles. The van der Waals surface area contributed by atoms with Crippen LogP contribution in [-0.4, -0.2) is 17.0 Å². The Bertz CT molecular complexity index is 389. The molecule has 0 aliphatic heterocycles. The normalized spacial score (nSPS) is 10.1. The third kappa shape index (κ3) is 1.62. The second-order valence-corrected chi connectivity index (χ2v) is 3.31. The van der Waals surface area contributed by atoms with Crippen LogP contribution in [0.2, 0.25) is 0 Å². The number of anilines is 2. The predicted octanol–water partition coefficient (Wildman–Crippen LogP) is 2.49. The Hall–Kier alpha value is -1.77. The number of nitrogens with one attached hydrogen (secondary N) is 1. The van der Waals surface area contributed by atoms with E-state index in [4.69, 9.17) is 0 Å². The van der Waals surface area contributed by atoms with Gasteiger partial charge in [0.25, 0.3) is 0 Å². The molecule has 0 aliphatic rings. The largest absolute Gasteiger partial charge is 0.331 e. The molecule has 3 nitrogen and oxygen atoms in total. The topological polar surface area (TPSA) is 31.9 Å². The molecule has 3 heteroatoms. The molecular weight excluding hydrogens is 174 g/mol. The molecule has 1 heterocycles.